The largest absolute Gasteiger partial charge is 0.338 e. The fourth-order valence-corrected chi connectivity index (χ4v) is 3.72. The number of halogens is 1. The monoisotopic (exact) mass is 398 g/mol. The highest BCUT2D eigenvalue weighted by Gasteiger charge is 2.34. The minimum Gasteiger partial charge on any atom is -0.338 e. The van der Waals surface area contributed by atoms with E-state index in [-0.39, 0.29) is 17.7 Å². The molecule has 1 N–H and O–H groups in total. The molecule has 0 radical (unpaired) electrons. The highest BCUT2D eigenvalue weighted by atomic mass is 79.9. The Balaban J connectivity index is 1.51. The standard InChI is InChI=1S/C20H19BrN2O2/c21-18-4-2-1-3-17(18)19(24)22-16-8-7-13-9-10-23(12-15(13)11-16)20(25)14-5-6-14/h1-4,7-8,11,14H,5-6,9-10,12H2,(H,22,24). The lowest BCUT2D eigenvalue weighted by atomic mass is 9.98. The van der Waals surface area contributed by atoms with E-state index in [0.29, 0.717) is 12.1 Å². The number of amides is 2. The predicted molar refractivity (Wildman–Crippen MR) is 100 cm³/mol. The van der Waals surface area contributed by atoms with Crippen LogP contribution in [0.1, 0.15) is 34.3 Å². The van der Waals surface area contributed by atoms with E-state index in [2.05, 4.69) is 27.3 Å². The Morgan fingerprint density at radius 1 is 1.08 bits per heavy atom. The third-order valence-electron chi connectivity index (χ3n) is 4.83. The molecule has 4 nitrogen and oxygen atoms in total. The van der Waals surface area contributed by atoms with Crippen molar-refractivity contribution in [1.82, 2.24) is 4.90 Å². The van der Waals surface area contributed by atoms with E-state index in [1.165, 1.54) is 5.56 Å². The fraction of sp³-hybridized carbons (Fsp3) is 0.300. The molecule has 4 rings (SSSR count). The molecule has 1 saturated carbocycles. The molecule has 2 aliphatic rings. The topological polar surface area (TPSA) is 49.4 Å². The SMILES string of the molecule is O=C(Nc1ccc2c(c1)CN(C(=O)C1CC1)CC2)c1ccccc1Br. The van der Waals surface area contributed by atoms with E-state index in [4.69, 9.17) is 0 Å². The number of nitrogens with one attached hydrogen (secondary N) is 1. The molecule has 25 heavy (non-hydrogen) atoms. The van der Waals surface area contributed by atoms with Crippen LogP contribution in [-0.4, -0.2) is 23.3 Å². The summed E-state index contributed by atoms with van der Waals surface area (Å²) in [5.74, 6) is 0.391. The number of carbonyl (C=O) groups excluding carboxylic acids is 2. The van der Waals surface area contributed by atoms with Crippen LogP contribution in [0, 0.1) is 5.92 Å². The minimum absolute atomic E-state index is 0.144. The number of anilines is 1. The second-order valence-corrected chi connectivity index (χ2v) is 7.56. The number of benzene rings is 2. The Kier molecular flexibility index (Phi) is 4.34. The first-order chi connectivity index (χ1) is 12.1. The second kappa shape index (κ2) is 6.64. The van der Waals surface area contributed by atoms with E-state index >= 15 is 0 Å². The van der Waals surface area contributed by atoms with Gasteiger partial charge in [0.2, 0.25) is 5.91 Å². The van der Waals surface area contributed by atoms with Gasteiger partial charge in [-0.2, -0.15) is 0 Å². The quantitative estimate of drug-likeness (QED) is 0.849. The molecule has 128 valence electrons. The summed E-state index contributed by atoms with van der Waals surface area (Å²) in [6, 6.07) is 13.3. The first-order valence-corrected chi connectivity index (χ1v) is 9.37. The van der Waals surface area contributed by atoms with Gasteiger partial charge >= 0.3 is 0 Å². The summed E-state index contributed by atoms with van der Waals surface area (Å²) < 4.78 is 0.770. The Morgan fingerprint density at radius 3 is 2.64 bits per heavy atom. The van der Waals surface area contributed by atoms with Crippen molar-refractivity contribution in [1.29, 1.82) is 0 Å². The highest BCUT2D eigenvalue weighted by molar-refractivity contribution is 9.10. The Morgan fingerprint density at radius 2 is 1.88 bits per heavy atom. The number of hydrogen-bond acceptors (Lipinski definition) is 2. The maximum absolute atomic E-state index is 12.5. The average Bonchev–Trinajstić information content (AvgIpc) is 3.46. The zero-order valence-corrected chi connectivity index (χ0v) is 15.4. The molecule has 2 amide bonds. The van der Waals surface area contributed by atoms with Gasteiger partial charge in [-0.1, -0.05) is 18.2 Å². The first kappa shape index (κ1) is 16.3. The van der Waals surface area contributed by atoms with Crippen LogP contribution in [0.5, 0.6) is 0 Å². The first-order valence-electron chi connectivity index (χ1n) is 8.58. The maximum Gasteiger partial charge on any atom is 0.256 e. The van der Waals surface area contributed by atoms with Crippen molar-refractivity contribution >= 4 is 33.4 Å². The molecule has 1 aliphatic heterocycles. The van der Waals surface area contributed by atoms with Crippen LogP contribution in [0.15, 0.2) is 46.9 Å². The molecule has 0 bridgehead atoms. The van der Waals surface area contributed by atoms with Crippen LogP contribution in [0.4, 0.5) is 5.69 Å². The molecule has 0 spiro atoms. The lowest BCUT2D eigenvalue weighted by Gasteiger charge is -2.29. The summed E-state index contributed by atoms with van der Waals surface area (Å²) in [5, 5.41) is 2.96. The van der Waals surface area contributed by atoms with Gasteiger partial charge in [0.1, 0.15) is 0 Å². The molecule has 2 aromatic rings. The van der Waals surface area contributed by atoms with Crippen molar-refractivity contribution < 1.29 is 9.59 Å². The molecule has 1 aliphatic carbocycles. The van der Waals surface area contributed by atoms with Crippen LogP contribution >= 0.6 is 15.9 Å². The van der Waals surface area contributed by atoms with E-state index in [1.54, 1.807) is 6.07 Å². The summed E-state index contributed by atoms with van der Waals surface area (Å²) in [6.07, 6.45) is 2.95. The zero-order valence-electron chi connectivity index (χ0n) is 13.8. The lowest BCUT2D eigenvalue weighted by molar-refractivity contribution is -0.133. The molecular weight excluding hydrogens is 380 g/mol. The Bertz CT molecular complexity index is 845. The van der Waals surface area contributed by atoms with Gasteiger partial charge in [0, 0.05) is 29.2 Å². The molecule has 0 unspecified atom stereocenters. The zero-order chi connectivity index (χ0) is 17.4. The smallest absolute Gasteiger partial charge is 0.256 e. The van der Waals surface area contributed by atoms with Crippen LogP contribution in [0.2, 0.25) is 0 Å². The number of rotatable bonds is 3. The van der Waals surface area contributed by atoms with Crippen molar-refractivity contribution in [2.45, 2.75) is 25.8 Å². The summed E-state index contributed by atoms with van der Waals surface area (Å²) >= 11 is 3.41. The van der Waals surface area contributed by atoms with Gasteiger partial charge in [-0.3, -0.25) is 9.59 Å². The van der Waals surface area contributed by atoms with Crippen LogP contribution < -0.4 is 5.32 Å². The molecule has 2 aromatic carbocycles. The van der Waals surface area contributed by atoms with Gasteiger partial charge in [0.05, 0.1) is 5.56 Å². The predicted octanol–water partition coefficient (Wildman–Crippen LogP) is 4.00. The lowest BCUT2D eigenvalue weighted by Crippen LogP contribution is -2.36. The molecular formula is C20H19BrN2O2. The molecule has 0 saturated heterocycles. The maximum atomic E-state index is 12.5. The van der Waals surface area contributed by atoms with E-state index in [0.717, 1.165) is 41.5 Å². The van der Waals surface area contributed by atoms with Gasteiger partial charge < -0.3 is 10.2 Å². The Hall–Kier alpha value is -2.14. The van der Waals surface area contributed by atoms with Crippen LogP contribution in [0.3, 0.4) is 0 Å². The normalized spacial score (nSPS) is 16.3. The third-order valence-corrected chi connectivity index (χ3v) is 5.52. The van der Waals surface area contributed by atoms with E-state index in [1.807, 2.05) is 35.2 Å². The molecule has 0 aromatic heterocycles. The van der Waals surface area contributed by atoms with Gasteiger partial charge in [-0.05, 0) is 70.6 Å². The molecule has 1 fully saturated rings. The van der Waals surface area contributed by atoms with E-state index in [9.17, 15) is 9.59 Å². The molecule has 5 heteroatoms. The number of nitrogens with zero attached hydrogens (tertiary/aromatic N) is 1. The number of hydrogen-bond donors (Lipinski definition) is 1. The second-order valence-electron chi connectivity index (χ2n) is 6.70. The van der Waals surface area contributed by atoms with Crippen LogP contribution in [0.25, 0.3) is 0 Å². The summed E-state index contributed by atoms with van der Waals surface area (Å²) in [7, 11) is 0. The van der Waals surface area contributed by atoms with Gasteiger partial charge in [0.15, 0.2) is 0 Å². The van der Waals surface area contributed by atoms with E-state index < -0.39 is 0 Å². The van der Waals surface area contributed by atoms with Crippen molar-refractivity contribution in [3.8, 4) is 0 Å². The van der Waals surface area contributed by atoms with Crippen molar-refractivity contribution in [3.63, 3.8) is 0 Å². The van der Waals surface area contributed by atoms with Gasteiger partial charge in [0.25, 0.3) is 5.91 Å². The van der Waals surface area contributed by atoms with Crippen molar-refractivity contribution in [3.05, 3.63) is 63.6 Å². The molecule has 0 atom stereocenters. The summed E-state index contributed by atoms with van der Waals surface area (Å²) in [4.78, 5) is 26.7. The van der Waals surface area contributed by atoms with Crippen LogP contribution in [-0.2, 0) is 17.8 Å². The van der Waals surface area contributed by atoms with Crippen molar-refractivity contribution in [2.75, 3.05) is 11.9 Å². The van der Waals surface area contributed by atoms with Crippen molar-refractivity contribution in [2.24, 2.45) is 5.92 Å². The van der Waals surface area contributed by atoms with Gasteiger partial charge in [-0.15, -0.1) is 0 Å². The third kappa shape index (κ3) is 3.47. The average molecular weight is 399 g/mol. The summed E-state index contributed by atoms with van der Waals surface area (Å²) in [5.41, 5.74) is 3.76. The summed E-state index contributed by atoms with van der Waals surface area (Å²) in [6.45, 7) is 1.44. The number of fused-ring (bicyclic) bond motifs is 1. The minimum atomic E-state index is -0.144. The van der Waals surface area contributed by atoms with Gasteiger partial charge in [-0.25, -0.2) is 0 Å². The number of carbonyl (C=O) groups is 2. The highest BCUT2D eigenvalue weighted by Crippen LogP contribution is 2.33. The molecule has 1 heterocycles. The Labute approximate surface area is 155 Å². The fourth-order valence-electron chi connectivity index (χ4n) is 3.26.